The molecular formula is C28H32N4O9S. The van der Waals surface area contributed by atoms with E-state index in [1.165, 1.54) is 33.5 Å². The summed E-state index contributed by atoms with van der Waals surface area (Å²) >= 11 is 1.25. The van der Waals surface area contributed by atoms with Crippen molar-refractivity contribution >= 4 is 46.9 Å². The Morgan fingerprint density at radius 1 is 0.786 bits per heavy atom. The lowest BCUT2D eigenvalue weighted by Gasteiger charge is -2.36. The SMILES string of the molecule is O=C(NC1CC(C(=O)O)N(C(=O)C2CCCCC2C(=O)N2CC(NC(=O)c3cccs3)CC2C(=O)O)C1)c1ccco1. The number of carbonyl (C=O) groups is 6. The van der Waals surface area contributed by atoms with Crippen LogP contribution in [0.15, 0.2) is 40.3 Å². The summed E-state index contributed by atoms with van der Waals surface area (Å²) in [7, 11) is 0. The molecule has 6 atom stereocenters. The first kappa shape index (κ1) is 29.3. The molecule has 1 aliphatic carbocycles. The van der Waals surface area contributed by atoms with Gasteiger partial charge in [-0.3, -0.25) is 19.2 Å². The van der Waals surface area contributed by atoms with Crippen LogP contribution in [0.3, 0.4) is 0 Å². The molecule has 0 bridgehead atoms. The van der Waals surface area contributed by atoms with Crippen molar-refractivity contribution in [3.63, 3.8) is 0 Å². The fraction of sp³-hybridized carbons (Fsp3) is 0.500. The third-order valence-corrected chi connectivity index (χ3v) is 9.17. The van der Waals surface area contributed by atoms with E-state index in [0.717, 1.165) is 0 Å². The van der Waals surface area contributed by atoms with Crippen molar-refractivity contribution in [3.05, 3.63) is 46.5 Å². The van der Waals surface area contributed by atoms with Crippen molar-refractivity contribution in [2.45, 2.75) is 62.7 Å². The minimum absolute atomic E-state index is 0.00230. The van der Waals surface area contributed by atoms with Gasteiger partial charge >= 0.3 is 11.9 Å². The Labute approximate surface area is 244 Å². The monoisotopic (exact) mass is 600 g/mol. The van der Waals surface area contributed by atoms with E-state index in [1.807, 2.05) is 0 Å². The lowest BCUT2D eigenvalue weighted by Crippen LogP contribution is -2.51. The first-order valence-corrected chi connectivity index (χ1v) is 14.8. The second-order valence-electron chi connectivity index (χ2n) is 11.0. The Hall–Kier alpha value is -4.20. The number of aliphatic carboxylic acids is 2. The highest BCUT2D eigenvalue weighted by molar-refractivity contribution is 7.12. The molecule has 6 unspecified atom stereocenters. The number of hydrogen-bond donors (Lipinski definition) is 4. The van der Waals surface area contributed by atoms with Gasteiger partial charge in [0.2, 0.25) is 11.8 Å². The number of rotatable bonds is 8. The van der Waals surface area contributed by atoms with Crippen LogP contribution in [0.5, 0.6) is 0 Å². The van der Waals surface area contributed by atoms with Crippen LogP contribution in [0, 0.1) is 11.8 Å². The summed E-state index contributed by atoms with van der Waals surface area (Å²) in [6.07, 6.45) is 3.40. The lowest BCUT2D eigenvalue weighted by atomic mass is 9.77. The quantitative estimate of drug-likeness (QED) is 0.348. The molecule has 0 spiro atoms. The summed E-state index contributed by atoms with van der Waals surface area (Å²) in [5.41, 5.74) is 0. The van der Waals surface area contributed by atoms with Crippen LogP contribution in [0.1, 0.15) is 58.8 Å². The van der Waals surface area contributed by atoms with Gasteiger partial charge in [-0.1, -0.05) is 18.9 Å². The van der Waals surface area contributed by atoms with E-state index in [0.29, 0.717) is 30.6 Å². The Balaban J connectivity index is 1.29. The summed E-state index contributed by atoms with van der Waals surface area (Å²) in [4.78, 5) is 79.9. The van der Waals surface area contributed by atoms with Gasteiger partial charge in [0.15, 0.2) is 5.76 Å². The molecule has 3 fully saturated rings. The van der Waals surface area contributed by atoms with Gasteiger partial charge in [-0.15, -0.1) is 11.3 Å². The summed E-state index contributed by atoms with van der Waals surface area (Å²) < 4.78 is 5.10. The van der Waals surface area contributed by atoms with Crippen molar-refractivity contribution in [2.24, 2.45) is 11.8 Å². The van der Waals surface area contributed by atoms with Gasteiger partial charge in [-0.2, -0.15) is 0 Å². The van der Waals surface area contributed by atoms with Gasteiger partial charge in [-0.25, -0.2) is 9.59 Å². The highest BCUT2D eigenvalue weighted by Gasteiger charge is 2.49. The van der Waals surface area contributed by atoms with Gasteiger partial charge in [0.05, 0.1) is 11.1 Å². The van der Waals surface area contributed by atoms with Crippen LogP contribution in [-0.4, -0.2) is 92.8 Å². The molecule has 4 amide bonds. The van der Waals surface area contributed by atoms with Crippen molar-refractivity contribution in [2.75, 3.05) is 13.1 Å². The van der Waals surface area contributed by atoms with E-state index < -0.39 is 65.7 Å². The van der Waals surface area contributed by atoms with E-state index in [-0.39, 0.29) is 37.6 Å². The highest BCUT2D eigenvalue weighted by Crippen LogP contribution is 2.36. The second-order valence-corrected chi connectivity index (χ2v) is 11.9. The summed E-state index contributed by atoms with van der Waals surface area (Å²) in [5.74, 6) is -5.86. The van der Waals surface area contributed by atoms with Gasteiger partial charge in [0, 0.05) is 49.9 Å². The molecular weight excluding hydrogens is 568 g/mol. The maximum atomic E-state index is 13.9. The predicted octanol–water partition coefficient (Wildman–Crippen LogP) is 1.42. The van der Waals surface area contributed by atoms with Crippen LogP contribution in [0.4, 0.5) is 0 Å². The van der Waals surface area contributed by atoms with Crippen LogP contribution in [0.25, 0.3) is 0 Å². The molecule has 0 aromatic carbocycles. The number of carboxylic acid groups (broad SMARTS) is 2. The average molecular weight is 601 g/mol. The van der Waals surface area contributed by atoms with Gasteiger partial charge < -0.3 is 35.1 Å². The van der Waals surface area contributed by atoms with E-state index in [1.54, 1.807) is 23.6 Å². The molecule has 224 valence electrons. The van der Waals surface area contributed by atoms with E-state index in [2.05, 4.69) is 10.6 Å². The molecule has 42 heavy (non-hydrogen) atoms. The molecule has 0 radical (unpaired) electrons. The molecule has 4 N–H and O–H groups in total. The topological polar surface area (TPSA) is 187 Å². The summed E-state index contributed by atoms with van der Waals surface area (Å²) in [6.45, 7) is -0.0510. The molecule has 3 aliphatic rings. The number of furan rings is 1. The lowest BCUT2D eigenvalue weighted by molar-refractivity contribution is -0.156. The fourth-order valence-electron chi connectivity index (χ4n) is 6.31. The van der Waals surface area contributed by atoms with Crippen molar-refractivity contribution in [3.8, 4) is 0 Å². The number of amides is 4. The minimum atomic E-state index is -1.22. The Morgan fingerprint density at radius 3 is 1.79 bits per heavy atom. The number of nitrogens with zero attached hydrogens (tertiary/aromatic N) is 2. The number of carboxylic acids is 2. The smallest absolute Gasteiger partial charge is 0.326 e. The van der Waals surface area contributed by atoms with Crippen molar-refractivity contribution in [1.82, 2.24) is 20.4 Å². The van der Waals surface area contributed by atoms with Crippen LogP contribution >= 0.6 is 11.3 Å². The van der Waals surface area contributed by atoms with Gasteiger partial charge in [0.25, 0.3) is 11.8 Å². The molecule has 4 heterocycles. The third kappa shape index (κ3) is 6.03. The molecule has 14 heteroatoms. The highest BCUT2D eigenvalue weighted by atomic mass is 32.1. The second kappa shape index (κ2) is 12.3. The van der Waals surface area contributed by atoms with Crippen LogP contribution in [-0.2, 0) is 19.2 Å². The number of nitrogens with one attached hydrogen (secondary N) is 2. The molecule has 1 saturated carbocycles. The Kier molecular flexibility index (Phi) is 8.61. The zero-order valence-electron chi connectivity index (χ0n) is 22.6. The van der Waals surface area contributed by atoms with E-state index in [4.69, 9.17) is 4.42 Å². The van der Waals surface area contributed by atoms with Crippen molar-refractivity contribution in [1.29, 1.82) is 0 Å². The average Bonchev–Trinajstić information content (AvgIpc) is 3.79. The standard InChI is InChI=1S/C28H32N4O9S/c33-23(21-7-3-9-41-21)29-15-11-19(27(37)38)31(13-15)25(35)17-5-1-2-6-18(17)26(36)32-14-16(12-20(32)28(39)40)30-24(34)22-8-4-10-42-22/h3-4,7-10,15-20H,1-2,5-6,11-14H2,(H,29,33)(H,30,34)(H,37,38)(H,39,40). The molecule has 2 aromatic rings. The number of thiophene rings is 1. The van der Waals surface area contributed by atoms with Crippen LogP contribution in [0.2, 0.25) is 0 Å². The maximum Gasteiger partial charge on any atom is 0.326 e. The van der Waals surface area contributed by atoms with E-state index in [9.17, 15) is 39.0 Å². The first-order chi connectivity index (χ1) is 20.1. The zero-order valence-corrected chi connectivity index (χ0v) is 23.5. The Bertz CT molecular complexity index is 1240. The Morgan fingerprint density at radius 2 is 1.33 bits per heavy atom. The molecule has 5 rings (SSSR count). The molecule has 2 aromatic heterocycles. The summed E-state index contributed by atoms with van der Waals surface area (Å²) in [6, 6.07) is 2.85. The fourth-order valence-corrected chi connectivity index (χ4v) is 6.94. The van der Waals surface area contributed by atoms with E-state index >= 15 is 0 Å². The largest absolute Gasteiger partial charge is 0.480 e. The minimum Gasteiger partial charge on any atom is -0.480 e. The molecule has 2 aliphatic heterocycles. The first-order valence-electron chi connectivity index (χ1n) is 13.9. The number of likely N-dealkylation sites (tertiary alicyclic amines) is 2. The van der Waals surface area contributed by atoms with Gasteiger partial charge in [0.1, 0.15) is 12.1 Å². The predicted molar refractivity (Wildman–Crippen MR) is 146 cm³/mol. The maximum absolute atomic E-state index is 13.9. The number of hydrogen-bond acceptors (Lipinski definition) is 8. The van der Waals surface area contributed by atoms with Crippen LogP contribution < -0.4 is 10.6 Å². The van der Waals surface area contributed by atoms with Crippen molar-refractivity contribution < 1.29 is 43.4 Å². The normalized spacial score (nSPS) is 27.4. The third-order valence-electron chi connectivity index (χ3n) is 8.30. The summed E-state index contributed by atoms with van der Waals surface area (Å²) in [5, 5.41) is 27.1. The zero-order chi connectivity index (χ0) is 30.0. The molecule has 13 nitrogen and oxygen atoms in total. The number of carbonyl (C=O) groups excluding carboxylic acids is 4. The molecule has 2 saturated heterocycles. The van der Waals surface area contributed by atoms with Gasteiger partial charge in [-0.05, 0) is 36.4 Å².